The number of hydrogen-bond donors (Lipinski definition) is 0. The van der Waals surface area contributed by atoms with Gasteiger partial charge in [0.2, 0.25) is 6.29 Å². The predicted octanol–water partition coefficient (Wildman–Crippen LogP) is 7.69. The maximum absolute atomic E-state index is 12.5. The highest BCUT2D eigenvalue weighted by molar-refractivity contribution is 5.69. The molecule has 2 aromatic rings. The first-order valence-corrected chi connectivity index (χ1v) is 13.7. The Balaban J connectivity index is 1.75. The molecule has 194 valence electrons. The highest BCUT2D eigenvalue weighted by Gasteiger charge is 2.19. The largest absolute Gasteiger partial charge is 0.455 e. The predicted molar refractivity (Wildman–Crippen MR) is 145 cm³/mol. The summed E-state index contributed by atoms with van der Waals surface area (Å²) in [7, 11) is 4.41. The second-order valence-electron chi connectivity index (χ2n) is 10.3. The smallest absolute Gasteiger partial charge is 0.309 e. The molecule has 0 aliphatic carbocycles. The van der Waals surface area contributed by atoms with Gasteiger partial charge < -0.3 is 14.0 Å². The van der Waals surface area contributed by atoms with Crippen molar-refractivity contribution in [3.05, 3.63) is 65.7 Å². The lowest BCUT2D eigenvalue weighted by Crippen LogP contribution is -2.39. The van der Waals surface area contributed by atoms with E-state index in [4.69, 9.17) is 9.47 Å². The number of ether oxygens (including phenoxy) is 2. The van der Waals surface area contributed by atoms with Crippen LogP contribution in [0.2, 0.25) is 0 Å². The Morgan fingerprint density at radius 2 is 1.49 bits per heavy atom. The van der Waals surface area contributed by atoms with Gasteiger partial charge in [0, 0.05) is 18.4 Å². The Hall–Kier alpha value is -2.33. The van der Waals surface area contributed by atoms with E-state index in [-0.39, 0.29) is 5.97 Å². The lowest BCUT2D eigenvalue weighted by atomic mass is 10.0. The zero-order chi connectivity index (χ0) is 25.4. The van der Waals surface area contributed by atoms with Crippen molar-refractivity contribution in [3.63, 3.8) is 0 Å². The van der Waals surface area contributed by atoms with Crippen molar-refractivity contribution >= 4 is 5.97 Å². The monoisotopic (exact) mass is 482 g/mol. The van der Waals surface area contributed by atoms with E-state index in [0.29, 0.717) is 12.8 Å². The van der Waals surface area contributed by atoms with Crippen molar-refractivity contribution in [3.8, 4) is 5.75 Å². The van der Waals surface area contributed by atoms with E-state index in [1.165, 1.54) is 56.1 Å². The number of aryl methyl sites for hydroxylation is 1. The van der Waals surface area contributed by atoms with Gasteiger partial charge in [-0.15, -0.1) is 0 Å². The molecule has 0 N–H and O–H groups in total. The summed E-state index contributed by atoms with van der Waals surface area (Å²) in [5.41, 5.74) is 2.52. The van der Waals surface area contributed by atoms with Crippen LogP contribution in [0.5, 0.6) is 5.75 Å². The van der Waals surface area contributed by atoms with Gasteiger partial charge in [0.05, 0.1) is 27.1 Å². The van der Waals surface area contributed by atoms with Gasteiger partial charge in [-0.25, -0.2) is 0 Å². The average Bonchev–Trinajstić information content (AvgIpc) is 2.84. The summed E-state index contributed by atoms with van der Waals surface area (Å²) in [5.74, 6) is 0.667. The minimum atomic E-state index is -0.537. The number of hydrogen-bond acceptors (Lipinski definition) is 3. The van der Waals surface area contributed by atoms with E-state index < -0.39 is 6.29 Å². The zero-order valence-corrected chi connectivity index (χ0v) is 22.6. The lowest BCUT2D eigenvalue weighted by molar-refractivity contribution is -0.903. The van der Waals surface area contributed by atoms with Crippen molar-refractivity contribution in [2.45, 2.75) is 97.3 Å². The van der Waals surface area contributed by atoms with Crippen LogP contribution in [0.15, 0.2) is 54.6 Å². The first-order chi connectivity index (χ1) is 16.9. The zero-order valence-electron chi connectivity index (χ0n) is 22.6. The van der Waals surface area contributed by atoms with Gasteiger partial charge >= 0.3 is 5.97 Å². The van der Waals surface area contributed by atoms with Crippen LogP contribution in [0, 0.1) is 0 Å². The van der Waals surface area contributed by atoms with E-state index in [9.17, 15) is 4.79 Å². The van der Waals surface area contributed by atoms with Crippen LogP contribution in [0.1, 0.15) is 89.2 Å². The highest BCUT2D eigenvalue weighted by atomic mass is 16.7. The van der Waals surface area contributed by atoms with Crippen LogP contribution in [0.25, 0.3) is 0 Å². The molecular formula is C31H48NO3+. The number of quaternary nitrogens is 1. The summed E-state index contributed by atoms with van der Waals surface area (Å²) < 4.78 is 12.7. The molecule has 0 bridgehead atoms. The molecular weight excluding hydrogens is 434 g/mol. The minimum absolute atomic E-state index is 0.180. The first-order valence-electron chi connectivity index (χ1n) is 13.7. The molecule has 0 fully saturated rings. The Labute approximate surface area is 214 Å². The number of esters is 1. The van der Waals surface area contributed by atoms with Gasteiger partial charge in [-0.3, -0.25) is 4.79 Å². The summed E-state index contributed by atoms with van der Waals surface area (Å²) in [6.07, 6.45) is 11.4. The molecule has 0 amide bonds. The minimum Gasteiger partial charge on any atom is -0.455 e. The number of carbonyl (C=O) groups is 1. The molecule has 0 saturated heterocycles. The van der Waals surface area contributed by atoms with Gasteiger partial charge in [-0.05, 0) is 24.5 Å². The number of nitrogens with zero attached hydrogens (tertiary/aromatic N) is 1. The van der Waals surface area contributed by atoms with Crippen LogP contribution >= 0.6 is 0 Å². The molecule has 0 radical (unpaired) electrons. The Morgan fingerprint density at radius 1 is 0.829 bits per heavy atom. The van der Waals surface area contributed by atoms with Crippen LogP contribution in [-0.4, -0.2) is 37.4 Å². The SMILES string of the molecule is CCCCCCCCCc1ccccc1OC(CC)OC(=O)CCC[N+](C)(C)Cc1ccccc1. The molecule has 0 aliphatic rings. The van der Waals surface area contributed by atoms with Crippen molar-refractivity contribution in [2.24, 2.45) is 0 Å². The summed E-state index contributed by atoms with van der Waals surface area (Å²) in [4.78, 5) is 12.5. The normalized spacial score (nSPS) is 12.3. The fourth-order valence-electron chi connectivity index (χ4n) is 4.44. The van der Waals surface area contributed by atoms with E-state index in [2.05, 4.69) is 57.4 Å². The second-order valence-corrected chi connectivity index (χ2v) is 10.3. The number of carbonyl (C=O) groups excluding carboxylic acids is 1. The molecule has 35 heavy (non-hydrogen) atoms. The third-order valence-electron chi connectivity index (χ3n) is 6.47. The van der Waals surface area contributed by atoms with Crippen molar-refractivity contribution in [1.29, 1.82) is 0 Å². The molecule has 4 nitrogen and oxygen atoms in total. The molecule has 4 heteroatoms. The summed E-state index contributed by atoms with van der Waals surface area (Å²) in [6, 6.07) is 18.7. The molecule has 1 atom stereocenters. The topological polar surface area (TPSA) is 35.5 Å². The van der Waals surface area contributed by atoms with Gasteiger partial charge in [0.15, 0.2) is 0 Å². The summed E-state index contributed by atoms with van der Waals surface area (Å²) in [5, 5.41) is 0. The molecule has 0 saturated carbocycles. The molecule has 2 rings (SSSR count). The lowest BCUT2D eigenvalue weighted by Gasteiger charge is -2.30. The van der Waals surface area contributed by atoms with Crippen molar-refractivity contribution in [2.75, 3.05) is 20.6 Å². The van der Waals surface area contributed by atoms with Crippen LogP contribution in [-0.2, 0) is 22.5 Å². The maximum Gasteiger partial charge on any atom is 0.309 e. The van der Waals surface area contributed by atoms with E-state index >= 15 is 0 Å². The fourth-order valence-corrected chi connectivity index (χ4v) is 4.44. The molecule has 0 aromatic heterocycles. The Kier molecular flexibility index (Phi) is 13.5. The Morgan fingerprint density at radius 3 is 2.20 bits per heavy atom. The van der Waals surface area contributed by atoms with E-state index in [1.807, 2.05) is 25.1 Å². The third-order valence-corrected chi connectivity index (χ3v) is 6.47. The summed E-state index contributed by atoms with van der Waals surface area (Å²) >= 11 is 0. The van der Waals surface area contributed by atoms with Crippen LogP contribution < -0.4 is 4.74 Å². The third kappa shape index (κ3) is 12.3. The highest BCUT2D eigenvalue weighted by Crippen LogP contribution is 2.23. The van der Waals surface area contributed by atoms with Crippen molar-refractivity contribution in [1.82, 2.24) is 0 Å². The van der Waals surface area contributed by atoms with Gasteiger partial charge in [-0.1, -0.05) is 101 Å². The molecule has 2 aromatic carbocycles. The second kappa shape index (κ2) is 16.4. The van der Waals surface area contributed by atoms with E-state index in [0.717, 1.165) is 36.2 Å². The molecule has 1 unspecified atom stereocenters. The quantitative estimate of drug-likeness (QED) is 0.0945. The Bertz CT molecular complexity index is 834. The summed E-state index contributed by atoms with van der Waals surface area (Å²) in [6.45, 7) is 6.12. The fraction of sp³-hybridized carbons (Fsp3) is 0.581. The van der Waals surface area contributed by atoms with Gasteiger partial charge in [0.1, 0.15) is 12.3 Å². The average molecular weight is 483 g/mol. The van der Waals surface area contributed by atoms with Gasteiger partial charge in [-0.2, -0.15) is 0 Å². The van der Waals surface area contributed by atoms with Crippen LogP contribution in [0.3, 0.4) is 0 Å². The molecule has 0 aliphatic heterocycles. The number of rotatable bonds is 18. The number of unbranched alkanes of at least 4 members (excludes halogenated alkanes) is 6. The van der Waals surface area contributed by atoms with Crippen molar-refractivity contribution < 1.29 is 18.8 Å². The standard InChI is InChI=1S/C31H48NO3/c1-5-7-8-9-10-11-15-21-28-22-16-17-23-29(28)34-31(6-2)35-30(33)24-18-25-32(3,4)26-27-19-13-12-14-20-27/h12-14,16-17,19-20,22-23,31H,5-11,15,18,21,24-26H2,1-4H3/q+1. The van der Waals surface area contributed by atoms with E-state index in [1.54, 1.807) is 0 Å². The first kappa shape index (κ1) is 28.9. The number of benzene rings is 2. The molecule has 0 spiro atoms. The van der Waals surface area contributed by atoms with Gasteiger partial charge in [0.25, 0.3) is 0 Å². The molecule has 0 heterocycles. The maximum atomic E-state index is 12.5. The van der Waals surface area contributed by atoms with Crippen LogP contribution in [0.4, 0.5) is 0 Å². The number of para-hydroxylation sites is 1.